The lowest BCUT2D eigenvalue weighted by Crippen LogP contribution is -2.46. The summed E-state index contributed by atoms with van der Waals surface area (Å²) in [5.74, 6) is -3.19. The van der Waals surface area contributed by atoms with Gasteiger partial charge in [0.25, 0.3) is 5.82 Å². The number of alkyl halides is 3. The monoisotopic (exact) mass is 708 g/mol. The van der Waals surface area contributed by atoms with Crippen LogP contribution in [-0.2, 0) is 29.2 Å². The fraction of sp³-hybridized carbons (Fsp3) is 0.324. The second-order valence-corrected chi connectivity index (χ2v) is 13.2. The first-order valence-corrected chi connectivity index (χ1v) is 16.5. The molecule has 2 aliphatic rings. The summed E-state index contributed by atoms with van der Waals surface area (Å²) in [6, 6.07) is 7.26. The Morgan fingerprint density at radius 1 is 1.10 bits per heavy atom. The molecule has 0 saturated carbocycles. The normalized spacial score (nSPS) is 15.8. The third-order valence-electron chi connectivity index (χ3n) is 9.79. The summed E-state index contributed by atoms with van der Waals surface area (Å²) >= 11 is 0. The number of fused-ring (bicyclic) bond motifs is 4. The predicted octanol–water partition coefficient (Wildman–Crippen LogP) is 6.34. The molecule has 5 heterocycles. The quantitative estimate of drug-likeness (QED) is 0.0794. The van der Waals surface area contributed by atoms with Crippen LogP contribution in [0.15, 0.2) is 54.7 Å². The third-order valence-corrected chi connectivity index (χ3v) is 9.79. The van der Waals surface area contributed by atoms with Gasteiger partial charge in [0.2, 0.25) is 17.2 Å². The number of imidazole rings is 1. The number of benzene rings is 2. The summed E-state index contributed by atoms with van der Waals surface area (Å²) < 4.78 is 89.1. The van der Waals surface area contributed by atoms with Crippen molar-refractivity contribution in [1.29, 1.82) is 0 Å². The van der Waals surface area contributed by atoms with E-state index in [1.165, 1.54) is 34.9 Å². The number of ether oxygens (including phenoxy) is 2. The average Bonchev–Trinajstić information content (AvgIpc) is 3.59. The van der Waals surface area contributed by atoms with Crippen LogP contribution in [0, 0.1) is 18.6 Å². The first kappa shape index (κ1) is 34.4. The molecule has 3 aromatic heterocycles. The average molecular weight is 709 g/mol. The number of carbonyl (C=O) groups is 2. The van der Waals surface area contributed by atoms with Crippen LogP contribution in [0.25, 0.3) is 27.7 Å². The molecule has 266 valence electrons. The van der Waals surface area contributed by atoms with E-state index in [-0.39, 0.29) is 46.7 Å². The number of ketones is 1. The number of hydrogen-bond donors (Lipinski definition) is 3. The fourth-order valence-corrected chi connectivity index (χ4v) is 6.89. The van der Waals surface area contributed by atoms with Crippen molar-refractivity contribution < 1.29 is 45.6 Å². The molecule has 0 atom stereocenters. The molecule has 9 nitrogen and oxygen atoms in total. The van der Waals surface area contributed by atoms with Crippen LogP contribution >= 0.6 is 0 Å². The summed E-state index contributed by atoms with van der Waals surface area (Å²) in [6.45, 7) is 5.43. The number of H-pyrrole nitrogens is 1. The number of hydrogen-bond acceptors (Lipinski definition) is 5. The Hall–Kier alpha value is -5.08. The van der Waals surface area contributed by atoms with E-state index in [0.717, 1.165) is 31.0 Å². The molecular formula is C37H35F5N5O4+. The van der Waals surface area contributed by atoms with Crippen LogP contribution in [0.5, 0.6) is 5.75 Å². The summed E-state index contributed by atoms with van der Waals surface area (Å²) in [7, 11) is 1.66. The number of halogens is 5. The van der Waals surface area contributed by atoms with Crippen LogP contribution in [0.2, 0.25) is 0 Å². The Morgan fingerprint density at radius 3 is 2.53 bits per heavy atom. The van der Waals surface area contributed by atoms with E-state index < -0.39 is 40.8 Å². The van der Waals surface area contributed by atoms with Gasteiger partial charge in [0.05, 0.1) is 30.4 Å². The maximum absolute atomic E-state index is 15.3. The van der Waals surface area contributed by atoms with Gasteiger partial charge in [-0.3, -0.25) is 9.59 Å². The first-order chi connectivity index (χ1) is 24.3. The van der Waals surface area contributed by atoms with Crippen molar-refractivity contribution in [1.82, 2.24) is 14.7 Å². The fourth-order valence-electron chi connectivity index (χ4n) is 6.89. The molecule has 2 aromatic carbocycles. The second-order valence-electron chi connectivity index (χ2n) is 13.2. The number of pyridine rings is 1. The van der Waals surface area contributed by atoms with E-state index in [0.29, 0.717) is 47.7 Å². The topological polar surface area (TPSA) is 101 Å². The second kappa shape index (κ2) is 12.9. The summed E-state index contributed by atoms with van der Waals surface area (Å²) in [4.78, 5) is 29.5. The Kier molecular flexibility index (Phi) is 8.70. The van der Waals surface area contributed by atoms with E-state index >= 15 is 8.78 Å². The zero-order valence-electron chi connectivity index (χ0n) is 28.1. The van der Waals surface area contributed by atoms with Crippen molar-refractivity contribution in [3.05, 3.63) is 94.6 Å². The smallest absolute Gasteiger partial charge is 0.417 e. The van der Waals surface area contributed by atoms with Crippen molar-refractivity contribution in [2.45, 2.75) is 44.8 Å². The number of rotatable bonds is 7. The van der Waals surface area contributed by atoms with Gasteiger partial charge in [0.1, 0.15) is 17.3 Å². The molecule has 2 aliphatic heterocycles. The molecule has 0 radical (unpaired) electrons. The number of nitrogens with one attached hydrogen (secondary N) is 3. The molecule has 1 saturated heterocycles. The van der Waals surface area contributed by atoms with E-state index in [4.69, 9.17) is 9.47 Å². The SMILES string of the molecule is Cc1[nH]c2c3c(c(C(F)(F)F)cc2[n+]1C)-c1cccn2c(C(=O)c4cc(F)c(NC(=O)/C=C/CNC5(C)CCOCC5)c(F)c4)cc(c12)CCO3. The number of aryl methyl sites for hydroxylation is 2. The molecule has 3 N–H and O–H groups in total. The van der Waals surface area contributed by atoms with Gasteiger partial charge in [-0.15, -0.1) is 0 Å². The highest BCUT2D eigenvalue weighted by Crippen LogP contribution is 2.48. The van der Waals surface area contributed by atoms with Crippen molar-refractivity contribution >= 4 is 33.9 Å². The Morgan fingerprint density at radius 2 is 1.82 bits per heavy atom. The minimum absolute atomic E-state index is 0.00324. The number of amides is 1. The van der Waals surface area contributed by atoms with Crippen LogP contribution in [0.4, 0.5) is 27.6 Å². The highest BCUT2D eigenvalue weighted by atomic mass is 19.4. The van der Waals surface area contributed by atoms with Gasteiger partial charge in [-0.1, -0.05) is 12.1 Å². The van der Waals surface area contributed by atoms with Crippen molar-refractivity contribution in [2.24, 2.45) is 7.05 Å². The zero-order chi connectivity index (χ0) is 36.2. The van der Waals surface area contributed by atoms with Crippen molar-refractivity contribution in [3.8, 4) is 16.9 Å². The van der Waals surface area contributed by atoms with Gasteiger partial charge < -0.3 is 24.5 Å². The van der Waals surface area contributed by atoms with Crippen molar-refractivity contribution in [3.63, 3.8) is 0 Å². The predicted molar refractivity (Wildman–Crippen MR) is 179 cm³/mol. The minimum atomic E-state index is -4.75. The highest BCUT2D eigenvalue weighted by molar-refractivity contribution is 6.10. The Balaban J connectivity index is 1.21. The molecule has 0 unspecified atom stereocenters. The molecule has 51 heavy (non-hydrogen) atoms. The largest absolute Gasteiger partial charge is 0.488 e. The molecule has 5 aromatic rings. The summed E-state index contributed by atoms with van der Waals surface area (Å²) in [5.41, 5.74) is -0.517. The van der Waals surface area contributed by atoms with Crippen LogP contribution in [0.3, 0.4) is 0 Å². The molecule has 7 rings (SSSR count). The lowest BCUT2D eigenvalue weighted by atomic mass is 9.92. The number of aromatic amines is 1. The molecule has 0 spiro atoms. The van der Waals surface area contributed by atoms with E-state index in [1.54, 1.807) is 24.6 Å². The van der Waals surface area contributed by atoms with Gasteiger partial charge in [0.15, 0.2) is 11.3 Å². The standard InChI is InChI=1S/C37H34F5N5O4/c1-20-44-32-27(46(20)3)19-24(37(40,41)42)30-23-6-5-12-47-28(18-21(33(23)47)8-13-51-35(30)32)34(49)22-16-25(38)31(26(39)17-22)45-29(48)7-4-11-43-36(2)9-14-50-15-10-36/h4-7,12,16-19,43H,8-11,13-15H2,1-3H3,(H,45,48,49)/p+1/b7-4+. The molecule has 1 amide bonds. The first-order valence-electron chi connectivity index (χ1n) is 16.5. The van der Waals surface area contributed by atoms with Gasteiger partial charge in [-0.05, 0) is 49.6 Å². The Labute approximate surface area is 289 Å². The van der Waals surface area contributed by atoms with Gasteiger partial charge in [-0.25, -0.2) is 18.3 Å². The van der Waals surface area contributed by atoms with Crippen LogP contribution in [0.1, 0.15) is 52.8 Å². The van der Waals surface area contributed by atoms with Crippen LogP contribution in [-0.4, -0.2) is 53.0 Å². The molecule has 1 fully saturated rings. The van der Waals surface area contributed by atoms with Gasteiger partial charge in [0, 0.05) is 73.7 Å². The minimum Gasteiger partial charge on any atom is -0.488 e. The maximum atomic E-state index is 15.3. The molecule has 0 aliphatic carbocycles. The van der Waals surface area contributed by atoms with E-state index in [9.17, 15) is 22.8 Å². The lowest BCUT2D eigenvalue weighted by Gasteiger charge is -2.34. The summed E-state index contributed by atoms with van der Waals surface area (Å²) in [6.07, 6.45) is 1.35. The molecular weight excluding hydrogens is 673 g/mol. The maximum Gasteiger partial charge on any atom is 0.417 e. The number of aromatic nitrogens is 3. The Bertz CT molecular complexity index is 2220. The zero-order valence-corrected chi connectivity index (χ0v) is 28.1. The van der Waals surface area contributed by atoms with Crippen molar-refractivity contribution in [2.75, 3.05) is 31.7 Å². The third kappa shape index (κ3) is 6.27. The lowest BCUT2D eigenvalue weighted by molar-refractivity contribution is -0.651. The molecule has 14 heteroatoms. The highest BCUT2D eigenvalue weighted by Gasteiger charge is 2.40. The summed E-state index contributed by atoms with van der Waals surface area (Å²) in [5, 5.41) is 5.54. The van der Waals surface area contributed by atoms with E-state index in [2.05, 4.69) is 22.5 Å². The molecule has 0 bridgehead atoms. The van der Waals surface area contributed by atoms with Crippen LogP contribution < -0.4 is 19.9 Å². The van der Waals surface area contributed by atoms with E-state index in [1.807, 2.05) is 0 Å². The number of nitrogens with zero attached hydrogens (tertiary/aromatic N) is 2. The van der Waals surface area contributed by atoms with Gasteiger partial charge in [-0.2, -0.15) is 13.2 Å². The van der Waals surface area contributed by atoms with Gasteiger partial charge >= 0.3 is 6.18 Å². The number of carbonyl (C=O) groups excluding carboxylic acids is 2. The number of anilines is 1.